The first-order chi connectivity index (χ1) is 14.0. The predicted molar refractivity (Wildman–Crippen MR) is 122 cm³/mol. The van der Waals surface area contributed by atoms with E-state index in [1.165, 1.54) is 5.56 Å². The monoisotopic (exact) mass is 520 g/mol. The number of fused-ring (bicyclic) bond motifs is 1. The lowest BCUT2D eigenvalue weighted by Gasteiger charge is -2.46. The Hall–Kier alpha value is -1.37. The molecule has 0 spiro atoms. The number of halogens is 2. The molecular weight excluding hydrogens is 496 g/mol. The number of amides is 1. The van der Waals surface area contributed by atoms with E-state index in [1.807, 2.05) is 0 Å². The molecule has 2 aliphatic heterocycles. The number of ether oxygens (including phenoxy) is 1. The fourth-order valence-electron chi connectivity index (χ4n) is 4.59. The van der Waals surface area contributed by atoms with Crippen molar-refractivity contribution in [2.75, 3.05) is 26.7 Å². The summed E-state index contributed by atoms with van der Waals surface area (Å²) >= 11 is 7.14. The third-order valence-corrected chi connectivity index (χ3v) is 7.22. The molecule has 4 rings (SSSR count). The van der Waals surface area contributed by atoms with Gasteiger partial charge in [0.1, 0.15) is 5.75 Å². The van der Waals surface area contributed by atoms with Crippen molar-refractivity contribution in [3.05, 3.63) is 62.5 Å². The van der Waals surface area contributed by atoms with Gasteiger partial charge in [-0.2, -0.15) is 0 Å². The summed E-state index contributed by atoms with van der Waals surface area (Å²) in [6.07, 6.45) is 2.82. The Bertz CT molecular complexity index is 851. The number of carbonyl (C=O) groups excluding carboxylic acids is 1. The first kappa shape index (κ1) is 20.9. The lowest BCUT2D eigenvalue weighted by atomic mass is 9.86. The SMILES string of the molecule is COc1c(Br)cc(CC2CCC3CN(Cc4ccccc4)CCN3C2=O)cc1Br. The van der Waals surface area contributed by atoms with Crippen molar-refractivity contribution in [2.45, 2.75) is 31.8 Å². The Morgan fingerprint density at radius 1 is 1.03 bits per heavy atom. The van der Waals surface area contributed by atoms with Gasteiger partial charge in [0.25, 0.3) is 0 Å². The average Bonchev–Trinajstić information content (AvgIpc) is 2.71. The second kappa shape index (κ2) is 9.19. The van der Waals surface area contributed by atoms with Gasteiger partial charge < -0.3 is 9.64 Å². The van der Waals surface area contributed by atoms with Crippen LogP contribution in [0.4, 0.5) is 0 Å². The Kier molecular flexibility index (Phi) is 6.62. The quantitative estimate of drug-likeness (QED) is 0.561. The lowest BCUT2D eigenvalue weighted by molar-refractivity contribution is -0.145. The number of hydrogen-bond donors (Lipinski definition) is 0. The van der Waals surface area contributed by atoms with Crippen molar-refractivity contribution in [1.29, 1.82) is 0 Å². The van der Waals surface area contributed by atoms with E-state index in [1.54, 1.807) is 7.11 Å². The summed E-state index contributed by atoms with van der Waals surface area (Å²) in [7, 11) is 1.66. The zero-order chi connectivity index (χ0) is 20.4. The molecule has 2 saturated heterocycles. The van der Waals surface area contributed by atoms with E-state index in [4.69, 9.17) is 4.74 Å². The maximum absolute atomic E-state index is 13.2. The van der Waals surface area contributed by atoms with Gasteiger partial charge >= 0.3 is 0 Å². The van der Waals surface area contributed by atoms with Crippen LogP contribution in [0, 0.1) is 5.92 Å². The lowest BCUT2D eigenvalue weighted by Crippen LogP contribution is -2.58. The van der Waals surface area contributed by atoms with Crippen LogP contribution in [-0.2, 0) is 17.8 Å². The largest absolute Gasteiger partial charge is 0.494 e. The van der Waals surface area contributed by atoms with Crippen molar-refractivity contribution in [2.24, 2.45) is 5.92 Å². The van der Waals surface area contributed by atoms with E-state index >= 15 is 0 Å². The third kappa shape index (κ3) is 4.70. The topological polar surface area (TPSA) is 32.8 Å². The van der Waals surface area contributed by atoms with Crippen LogP contribution in [0.3, 0.4) is 0 Å². The van der Waals surface area contributed by atoms with E-state index < -0.39 is 0 Å². The van der Waals surface area contributed by atoms with E-state index in [2.05, 4.69) is 84.1 Å². The molecule has 2 fully saturated rings. The molecule has 4 nitrogen and oxygen atoms in total. The Labute approximate surface area is 189 Å². The molecule has 2 aromatic rings. The Morgan fingerprint density at radius 2 is 1.76 bits per heavy atom. The summed E-state index contributed by atoms with van der Waals surface area (Å²) in [5.74, 6) is 1.18. The van der Waals surface area contributed by atoms with Gasteiger partial charge in [-0.3, -0.25) is 9.69 Å². The van der Waals surface area contributed by atoms with Gasteiger partial charge in [0.15, 0.2) is 0 Å². The molecule has 0 aromatic heterocycles. The van der Waals surface area contributed by atoms with Gasteiger partial charge in [0.2, 0.25) is 5.91 Å². The predicted octanol–water partition coefficient (Wildman–Crippen LogP) is 4.89. The maximum Gasteiger partial charge on any atom is 0.226 e. The Balaban J connectivity index is 1.38. The molecule has 2 heterocycles. The van der Waals surface area contributed by atoms with Gasteiger partial charge in [-0.25, -0.2) is 0 Å². The number of carbonyl (C=O) groups is 1. The summed E-state index contributed by atoms with van der Waals surface area (Å²) in [4.78, 5) is 17.8. The molecule has 0 aliphatic carbocycles. The molecule has 0 N–H and O–H groups in total. The van der Waals surface area contributed by atoms with E-state index in [0.717, 1.165) is 65.7 Å². The molecule has 1 amide bonds. The average molecular weight is 522 g/mol. The van der Waals surface area contributed by atoms with Crippen LogP contribution < -0.4 is 4.74 Å². The fraction of sp³-hybridized carbons (Fsp3) is 0.435. The summed E-state index contributed by atoms with van der Waals surface area (Å²) in [5, 5.41) is 0. The van der Waals surface area contributed by atoms with E-state index in [-0.39, 0.29) is 5.92 Å². The minimum atomic E-state index is 0.0686. The zero-order valence-electron chi connectivity index (χ0n) is 16.6. The highest BCUT2D eigenvalue weighted by atomic mass is 79.9. The molecular formula is C23H26Br2N2O2. The highest BCUT2D eigenvalue weighted by molar-refractivity contribution is 9.11. The summed E-state index contributed by atoms with van der Waals surface area (Å²) < 4.78 is 7.22. The molecule has 0 bridgehead atoms. The minimum absolute atomic E-state index is 0.0686. The standard InChI is InChI=1S/C23H26Br2N2O2/c1-29-22-20(24)12-17(13-21(22)25)11-18-7-8-19-15-26(9-10-27(19)23(18)28)14-16-5-3-2-4-6-16/h2-6,12-13,18-19H,7-11,14-15H2,1H3. The van der Waals surface area contributed by atoms with Crippen molar-refractivity contribution in [3.8, 4) is 5.75 Å². The number of nitrogens with zero attached hydrogens (tertiary/aromatic N) is 2. The fourth-order valence-corrected chi connectivity index (χ4v) is 6.20. The highest BCUT2D eigenvalue weighted by Crippen LogP contribution is 2.36. The minimum Gasteiger partial charge on any atom is -0.494 e. The molecule has 2 atom stereocenters. The second-order valence-corrected chi connectivity index (χ2v) is 9.69. The van der Waals surface area contributed by atoms with Crippen molar-refractivity contribution in [1.82, 2.24) is 9.80 Å². The van der Waals surface area contributed by atoms with Crippen LogP contribution in [0.2, 0.25) is 0 Å². The van der Waals surface area contributed by atoms with Crippen molar-refractivity contribution >= 4 is 37.8 Å². The van der Waals surface area contributed by atoms with Crippen LogP contribution in [0.5, 0.6) is 5.75 Å². The molecule has 0 radical (unpaired) electrons. The smallest absolute Gasteiger partial charge is 0.226 e. The first-order valence-corrected chi connectivity index (χ1v) is 11.7. The molecule has 0 saturated carbocycles. The number of methoxy groups -OCH3 is 1. The van der Waals surface area contributed by atoms with Crippen LogP contribution in [0.15, 0.2) is 51.4 Å². The normalized spacial score (nSPS) is 22.4. The van der Waals surface area contributed by atoms with Crippen molar-refractivity contribution < 1.29 is 9.53 Å². The van der Waals surface area contributed by atoms with Gasteiger partial charge in [-0.15, -0.1) is 0 Å². The summed E-state index contributed by atoms with van der Waals surface area (Å²) in [5.41, 5.74) is 2.50. The molecule has 2 aliphatic rings. The van der Waals surface area contributed by atoms with Gasteiger partial charge in [0.05, 0.1) is 16.1 Å². The van der Waals surface area contributed by atoms with Crippen LogP contribution >= 0.6 is 31.9 Å². The van der Waals surface area contributed by atoms with E-state index in [0.29, 0.717) is 11.9 Å². The van der Waals surface area contributed by atoms with Gasteiger partial charge in [-0.1, -0.05) is 30.3 Å². The number of piperidine rings is 1. The first-order valence-electron chi connectivity index (χ1n) is 10.1. The molecule has 2 unspecified atom stereocenters. The number of piperazine rings is 1. The van der Waals surface area contributed by atoms with Gasteiger partial charge in [0, 0.05) is 38.1 Å². The van der Waals surface area contributed by atoms with Crippen LogP contribution in [0.25, 0.3) is 0 Å². The zero-order valence-corrected chi connectivity index (χ0v) is 19.8. The molecule has 6 heteroatoms. The van der Waals surface area contributed by atoms with Crippen LogP contribution in [-0.4, -0.2) is 48.5 Å². The van der Waals surface area contributed by atoms with Crippen LogP contribution in [0.1, 0.15) is 24.0 Å². The molecule has 2 aromatic carbocycles. The number of hydrogen-bond acceptors (Lipinski definition) is 3. The molecule has 154 valence electrons. The molecule has 29 heavy (non-hydrogen) atoms. The number of benzene rings is 2. The maximum atomic E-state index is 13.2. The number of rotatable bonds is 5. The third-order valence-electron chi connectivity index (χ3n) is 6.04. The highest BCUT2D eigenvalue weighted by Gasteiger charge is 2.38. The van der Waals surface area contributed by atoms with Crippen molar-refractivity contribution in [3.63, 3.8) is 0 Å². The Morgan fingerprint density at radius 3 is 2.45 bits per heavy atom. The summed E-state index contributed by atoms with van der Waals surface area (Å²) in [6, 6.07) is 15.1. The second-order valence-electron chi connectivity index (χ2n) is 7.98. The van der Waals surface area contributed by atoms with E-state index in [9.17, 15) is 4.79 Å². The van der Waals surface area contributed by atoms with Gasteiger partial charge in [-0.05, 0) is 74.4 Å². The summed E-state index contributed by atoms with van der Waals surface area (Å²) in [6.45, 7) is 3.73.